The van der Waals surface area contributed by atoms with Gasteiger partial charge in [-0.1, -0.05) is 12.8 Å². The lowest BCUT2D eigenvalue weighted by atomic mass is 9.62. The Morgan fingerprint density at radius 2 is 2.07 bits per heavy atom. The van der Waals surface area contributed by atoms with Crippen molar-refractivity contribution in [1.82, 2.24) is 0 Å². The molecule has 3 saturated carbocycles. The predicted octanol–water partition coefficient (Wildman–Crippen LogP) is 3.07. The second-order valence-electron chi connectivity index (χ2n) is 6.08. The smallest absolute Gasteiger partial charge is 0.309 e. The zero-order valence-electron chi connectivity index (χ0n) is 9.24. The molecule has 3 fully saturated rings. The third-order valence-electron chi connectivity index (χ3n) is 5.30. The van der Waals surface area contributed by atoms with Crippen LogP contribution in [0.2, 0.25) is 0 Å². The zero-order valence-corrected chi connectivity index (χ0v) is 9.24. The number of hydrogen-bond acceptors (Lipinski definition) is 1. The first-order valence-corrected chi connectivity index (χ1v) is 6.43. The van der Waals surface area contributed by atoms with Crippen molar-refractivity contribution in [1.29, 1.82) is 0 Å². The number of hydrogen-bond donors (Lipinski definition) is 1. The average Bonchev–Trinajstić information content (AvgIpc) is 2.71. The SMILES string of the molecule is O=C(O)C1(CC2CC3CCC2C3)CCC1. The summed E-state index contributed by atoms with van der Waals surface area (Å²) >= 11 is 0. The molecule has 3 unspecified atom stereocenters. The molecule has 0 saturated heterocycles. The largest absolute Gasteiger partial charge is 0.481 e. The van der Waals surface area contributed by atoms with Gasteiger partial charge in [-0.15, -0.1) is 0 Å². The zero-order chi connectivity index (χ0) is 10.5. The summed E-state index contributed by atoms with van der Waals surface area (Å²) in [6, 6.07) is 0. The van der Waals surface area contributed by atoms with Crippen LogP contribution in [0.1, 0.15) is 51.4 Å². The Kier molecular flexibility index (Phi) is 2.08. The van der Waals surface area contributed by atoms with Gasteiger partial charge in [0.15, 0.2) is 0 Å². The van der Waals surface area contributed by atoms with Crippen molar-refractivity contribution in [3.63, 3.8) is 0 Å². The Balaban J connectivity index is 1.67. The molecule has 0 amide bonds. The van der Waals surface area contributed by atoms with Crippen LogP contribution in [0.3, 0.4) is 0 Å². The summed E-state index contributed by atoms with van der Waals surface area (Å²) in [5.41, 5.74) is -0.296. The Morgan fingerprint density at radius 1 is 1.27 bits per heavy atom. The third-order valence-corrected chi connectivity index (χ3v) is 5.30. The van der Waals surface area contributed by atoms with E-state index in [4.69, 9.17) is 0 Å². The van der Waals surface area contributed by atoms with Crippen molar-refractivity contribution in [2.24, 2.45) is 23.2 Å². The van der Waals surface area contributed by atoms with Gasteiger partial charge in [0.2, 0.25) is 0 Å². The van der Waals surface area contributed by atoms with Crippen LogP contribution >= 0.6 is 0 Å². The minimum atomic E-state index is -0.517. The molecule has 0 radical (unpaired) electrons. The number of carboxylic acid groups (broad SMARTS) is 1. The van der Waals surface area contributed by atoms with E-state index < -0.39 is 5.97 Å². The van der Waals surface area contributed by atoms with Crippen molar-refractivity contribution in [3.05, 3.63) is 0 Å². The molecule has 3 rings (SSSR count). The maximum atomic E-state index is 11.3. The van der Waals surface area contributed by atoms with Crippen LogP contribution in [0.15, 0.2) is 0 Å². The molecule has 3 aliphatic carbocycles. The van der Waals surface area contributed by atoms with Gasteiger partial charge in [-0.3, -0.25) is 4.79 Å². The van der Waals surface area contributed by atoms with E-state index in [1.54, 1.807) is 0 Å². The maximum Gasteiger partial charge on any atom is 0.309 e. The summed E-state index contributed by atoms with van der Waals surface area (Å²) in [5, 5.41) is 9.31. The van der Waals surface area contributed by atoms with E-state index in [0.717, 1.165) is 43.4 Å². The summed E-state index contributed by atoms with van der Waals surface area (Å²) in [5.74, 6) is 2.06. The molecule has 2 bridgehead atoms. The van der Waals surface area contributed by atoms with E-state index in [-0.39, 0.29) is 5.41 Å². The molecular formula is C13H20O2. The van der Waals surface area contributed by atoms with Gasteiger partial charge >= 0.3 is 5.97 Å². The third kappa shape index (κ3) is 1.41. The standard InChI is InChI=1S/C13H20O2/c14-12(15)13(4-1-5-13)8-11-7-9-2-3-10(11)6-9/h9-11H,1-8H2,(H,14,15). The quantitative estimate of drug-likeness (QED) is 0.774. The maximum absolute atomic E-state index is 11.3. The highest BCUT2D eigenvalue weighted by Crippen LogP contribution is 2.55. The Morgan fingerprint density at radius 3 is 2.47 bits per heavy atom. The Bertz CT molecular complexity index is 280. The van der Waals surface area contributed by atoms with Crippen LogP contribution in [0, 0.1) is 23.2 Å². The van der Waals surface area contributed by atoms with Crippen LogP contribution in [-0.2, 0) is 4.79 Å². The van der Waals surface area contributed by atoms with Gasteiger partial charge in [-0.25, -0.2) is 0 Å². The van der Waals surface area contributed by atoms with Crippen molar-refractivity contribution in [3.8, 4) is 0 Å². The summed E-state index contributed by atoms with van der Waals surface area (Å²) in [6.07, 6.45) is 9.54. The van der Waals surface area contributed by atoms with Crippen molar-refractivity contribution in [2.75, 3.05) is 0 Å². The number of rotatable bonds is 3. The van der Waals surface area contributed by atoms with Gasteiger partial charge < -0.3 is 5.11 Å². The highest BCUT2D eigenvalue weighted by atomic mass is 16.4. The van der Waals surface area contributed by atoms with Gasteiger partial charge in [0.25, 0.3) is 0 Å². The molecular weight excluding hydrogens is 188 g/mol. The van der Waals surface area contributed by atoms with E-state index >= 15 is 0 Å². The second-order valence-corrected chi connectivity index (χ2v) is 6.08. The lowest BCUT2D eigenvalue weighted by Gasteiger charge is -2.41. The molecule has 0 aromatic carbocycles. The number of fused-ring (bicyclic) bond motifs is 2. The topological polar surface area (TPSA) is 37.3 Å². The Labute approximate surface area is 91.1 Å². The van der Waals surface area contributed by atoms with Gasteiger partial charge in [0.05, 0.1) is 5.41 Å². The first-order valence-electron chi connectivity index (χ1n) is 6.43. The summed E-state index contributed by atoms with van der Waals surface area (Å²) < 4.78 is 0. The number of aliphatic carboxylic acids is 1. The lowest BCUT2D eigenvalue weighted by Crippen LogP contribution is -2.40. The molecule has 2 heteroatoms. The molecule has 0 spiro atoms. The molecule has 0 aliphatic heterocycles. The van der Waals surface area contributed by atoms with Crippen LogP contribution in [0.4, 0.5) is 0 Å². The number of carboxylic acids is 1. The molecule has 3 aliphatic rings. The van der Waals surface area contributed by atoms with Crippen molar-refractivity contribution < 1.29 is 9.90 Å². The molecule has 1 N–H and O–H groups in total. The molecule has 0 heterocycles. The van der Waals surface area contributed by atoms with Crippen LogP contribution in [0.5, 0.6) is 0 Å². The highest BCUT2D eigenvalue weighted by Gasteiger charge is 2.49. The van der Waals surface area contributed by atoms with Gasteiger partial charge in [-0.2, -0.15) is 0 Å². The van der Waals surface area contributed by atoms with Gasteiger partial charge in [-0.05, 0) is 56.3 Å². The van der Waals surface area contributed by atoms with Crippen LogP contribution in [-0.4, -0.2) is 11.1 Å². The summed E-state index contributed by atoms with van der Waals surface area (Å²) in [4.78, 5) is 11.3. The minimum absolute atomic E-state index is 0.296. The van der Waals surface area contributed by atoms with E-state index in [1.165, 1.54) is 25.7 Å². The van der Waals surface area contributed by atoms with Crippen molar-refractivity contribution >= 4 is 5.97 Å². The summed E-state index contributed by atoms with van der Waals surface area (Å²) in [6.45, 7) is 0. The molecule has 15 heavy (non-hydrogen) atoms. The molecule has 2 nitrogen and oxygen atoms in total. The predicted molar refractivity (Wildman–Crippen MR) is 57.5 cm³/mol. The van der Waals surface area contributed by atoms with Crippen LogP contribution < -0.4 is 0 Å². The fourth-order valence-electron chi connectivity index (χ4n) is 4.24. The second kappa shape index (κ2) is 3.23. The summed E-state index contributed by atoms with van der Waals surface area (Å²) in [7, 11) is 0. The van der Waals surface area contributed by atoms with E-state index in [2.05, 4.69) is 0 Å². The minimum Gasteiger partial charge on any atom is -0.481 e. The van der Waals surface area contributed by atoms with E-state index in [9.17, 15) is 9.90 Å². The average molecular weight is 208 g/mol. The Hall–Kier alpha value is -0.530. The first kappa shape index (κ1) is 9.68. The first-order chi connectivity index (χ1) is 7.20. The fraction of sp³-hybridized carbons (Fsp3) is 0.923. The van der Waals surface area contributed by atoms with Gasteiger partial charge in [0.1, 0.15) is 0 Å². The van der Waals surface area contributed by atoms with Gasteiger partial charge in [0, 0.05) is 0 Å². The lowest BCUT2D eigenvalue weighted by molar-refractivity contribution is -0.156. The number of carbonyl (C=O) groups is 1. The fourth-order valence-corrected chi connectivity index (χ4v) is 4.24. The normalized spacial score (nSPS) is 41.5. The van der Waals surface area contributed by atoms with E-state index in [0.29, 0.717) is 0 Å². The molecule has 0 aromatic heterocycles. The highest BCUT2D eigenvalue weighted by molar-refractivity contribution is 5.75. The van der Waals surface area contributed by atoms with Crippen LogP contribution in [0.25, 0.3) is 0 Å². The van der Waals surface area contributed by atoms with Crippen molar-refractivity contribution in [2.45, 2.75) is 51.4 Å². The molecule has 3 atom stereocenters. The molecule has 0 aromatic rings. The monoisotopic (exact) mass is 208 g/mol. The molecule has 84 valence electrons. The van der Waals surface area contributed by atoms with E-state index in [1.807, 2.05) is 0 Å².